The van der Waals surface area contributed by atoms with Gasteiger partial charge in [-0.2, -0.15) is 0 Å². The molecule has 0 saturated heterocycles. The van der Waals surface area contributed by atoms with E-state index in [2.05, 4.69) is 69.3 Å². The van der Waals surface area contributed by atoms with E-state index in [4.69, 9.17) is 14.2 Å². The van der Waals surface area contributed by atoms with Gasteiger partial charge in [-0.3, -0.25) is 0 Å². The van der Waals surface area contributed by atoms with Crippen molar-refractivity contribution >= 4 is 0 Å². The minimum Gasteiger partial charge on any atom is -0.508 e. The maximum atomic E-state index is 11.3. The zero-order chi connectivity index (χ0) is 34.5. The van der Waals surface area contributed by atoms with Gasteiger partial charge in [0.25, 0.3) is 0 Å². The molecule has 0 saturated carbocycles. The maximum Gasteiger partial charge on any atom is 0.123 e. The molecule has 4 aromatic carbocycles. The molecular weight excluding hydrogens is 604 g/mol. The molecule has 4 heteroatoms. The highest BCUT2D eigenvalue weighted by Crippen LogP contribution is 2.32. The first-order valence-corrected chi connectivity index (χ1v) is 19.1. The third-order valence-electron chi connectivity index (χ3n) is 9.45. The van der Waals surface area contributed by atoms with Gasteiger partial charge in [0.05, 0.1) is 0 Å². The number of aromatic hydroxyl groups is 1. The topological polar surface area (TPSA) is 47.9 Å². The van der Waals surface area contributed by atoms with Crippen molar-refractivity contribution in [2.24, 2.45) is 0 Å². The van der Waals surface area contributed by atoms with Crippen molar-refractivity contribution in [3.8, 4) is 23.0 Å². The van der Waals surface area contributed by atoms with Crippen molar-refractivity contribution in [3.63, 3.8) is 0 Å². The van der Waals surface area contributed by atoms with E-state index < -0.39 is 0 Å². The second-order valence-corrected chi connectivity index (χ2v) is 13.3. The number of rotatable bonds is 24. The summed E-state index contributed by atoms with van der Waals surface area (Å²) in [7, 11) is 0. The van der Waals surface area contributed by atoms with Gasteiger partial charge in [0, 0.05) is 11.1 Å². The van der Waals surface area contributed by atoms with Crippen molar-refractivity contribution in [2.45, 2.75) is 137 Å². The minimum atomic E-state index is 0.215. The summed E-state index contributed by atoms with van der Waals surface area (Å²) in [5.74, 6) is 2.91. The lowest BCUT2D eigenvalue weighted by atomic mass is 10.0. The minimum absolute atomic E-state index is 0.215. The first-order chi connectivity index (χ1) is 24.1. The van der Waals surface area contributed by atoms with Crippen LogP contribution in [0, 0.1) is 0 Å². The molecule has 0 unspecified atom stereocenters. The number of hydrogen-bond acceptors (Lipinski definition) is 4. The Hall–Kier alpha value is -3.92. The highest BCUT2D eigenvalue weighted by atomic mass is 16.5. The molecule has 1 N–H and O–H groups in total. The van der Waals surface area contributed by atoms with E-state index in [1.165, 1.54) is 74.5 Å². The van der Waals surface area contributed by atoms with Crippen molar-refractivity contribution in [1.29, 1.82) is 0 Å². The van der Waals surface area contributed by atoms with Crippen LogP contribution in [0.5, 0.6) is 23.0 Å². The van der Waals surface area contributed by atoms with Gasteiger partial charge in [0.15, 0.2) is 0 Å². The second kappa shape index (κ2) is 21.9. The molecular formula is C45H60O4. The number of phenols is 1. The summed E-state index contributed by atoms with van der Waals surface area (Å²) in [6, 6.07) is 28.8. The van der Waals surface area contributed by atoms with Crippen LogP contribution in [0.25, 0.3) is 0 Å². The predicted octanol–water partition coefficient (Wildman–Crippen LogP) is 12.5. The Labute approximate surface area is 296 Å². The number of unbranched alkanes of at least 4 members (excludes halogenated alkanes) is 9. The third-order valence-corrected chi connectivity index (χ3v) is 9.45. The number of benzene rings is 4. The normalized spacial score (nSPS) is 11.1. The highest BCUT2D eigenvalue weighted by molar-refractivity contribution is 5.46. The van der Waals surface area contributed by atoms with E-state index in [1.54, 1.807) is 6.07 Å². The van der Waals surface area contributed by atoms with E-state index in [-0.39, 0.29) is 12.4 Å². The number of hydrogen-bond donors (Lipinski definition) is 1. The fourth-order valence-corrected chi connectivity index (χ4v) is 6.44. The molecule has 0 aliphatic carbocycles. The first-order valence-electron chi connectivity index (χ1n) is 19.1. The second-order valence-electron chi connectivity index (χ2n) is 13.3. The molecule has 4 aromatic rings. The lowest BCUT2D eigenvalue weighted by Crippen LogP contribution is -2.11. The summed E-state index contributed by atoms with van der Waals surface area (Å²) in [6.45, 7) is 7.67. The van der Waals surface area contributed by atoms with E-state index >= 15 is 0 Å². The zero-order valence-electron chi connectivity index (χ0n) is 30.5. The molecule has 49 heavy (non-hydrogen) atoms. The molecule has 0 aliphatic rings. The van der Waals surface area contributed by atoms with Crippen LogP contribution >= 0.6 is 0 Å². The van der Waals surface area contributed by atoms with E-state index in [9.17, 15) is 5.11 Å². The summed E-state index contributed by atoms with van der Waals surface area (Å²) >= 11 is 0. The quantitative estimate of drug-likeness (QED) is 0.0757. The molecule has 4 rings (SSSR count). The fourth-order valence-electron chi connectivity index (χ4n) is 6.44. The number of ether oxygens (including phenoxy) is 3. The molecule has 0 aromatic heterocycles. The molecule has 4 nitrogen and oxygen atoms in total. The van der Waals surface area contributed by atoms with Gasteiger partial charge < -0.3 is 19.3 Å². The Morgan fingerprint density at radius 2 is 0.776 bits per heavy atom. The summed E-state index contributed by atoms with van der Waals surface area (Å²) in [4.78, 5) is 0. The van der Waals surface area contributed by atoms with E-state index in [0.29, 0.717) is 13.2 Å². The van der Waals surface area contributed by atoms with Crippen molar-refractivity contribution in [1.82, 2.24) is 0 Å². The van der Waals surface area contributed by atoms with Crippen LogP contribution in [0.2, 0.25) is 0 Å². The summed E-state index contributed by atoms with van der Waals surface area (Å²) < 4.78 is 19.6. The van der Waals surface area contributed by atoms with Crippen LogP contribution in [0.1, 0.15) is 131 Å². The largest absolute Gasteiger partial charge is 0.508 e. The van der Waals surface area contributed by atoms with Gasteiger partial charge in [0.2, 0.25) is 0 Å². The Morgan fingerprint density at radius 1 is 0.388 bits per heavy atom. The van der Waals surface area contributed by atoms with Gasteiger partial charge in [-0.05, 0) is 85.0 Å². The molecule has 0 aliphatic heterocycles. The monoisotopic (exact) mass is 664 g/mol. The Balaban J connectivity index is 1.58. The average molecular weight is 665 g/mol. The maximum absolute atomic E-state index is 11.3. The molecule has 0 fully saturated rings. The van der Waals surface area contributed by atoms with Gasteiger partial charge in [0.1, 0.15) is 42.8 Å². The number of aryl methyl sites for hydroxylation is 3. The molecule has 0 radical (unpaired) electrons. The fraction of sp³-hybridized carbons (Fsp3) is 0.467. The van der Waals surface area contributed by atoms with Gasteiger partial charge >= 0.3 is 0 Å². The Bertz CT molecular complexity index is 1510. The molecule has 0 bridgehead atoms. The Morgan fingerprint density at radius 3 is 1.20 bits per heavy atom. The van der Waals surface area contributed by atoms with Crippen LogP contribution in [-0.4, -0.2) is 5.11 Å². The number of phenolic OH excluding ortho intramolecular Hbond substituents is 1. The van der Waals surface area contributed by atoms with Crippen LogP contribution in [0.3, 0.4) is 0 Å². The lowest BCUT2D eigenvalue weighted by molar-refractivity contribution is 0.266. The van der Waals surface area contributed by atoms with Crippen molar-refractivity contribution in [3.05, 3.63) is 118 Å². The van der Waals surface area contributed by atoms with E-state index in [1.807, 2.05) is 30.3 Å². The summed E-state index contributed by atoms with van der Waals surface area (Å²) in [5, 5.41) is 11.3. The van der Waals surface area contributed by atoms with Gasteiger partial charge in [-0.1, -0.05) is 139 Å². The van der Waals surface area contributed by atoms with Gasteiger partial charge in [-0.25, -0.2) is 0 Å². The zero-order valence-corrected chi connectivity index (χ0v) is 30.5. The van der Waals surface area contributed by atoms with Crippen LogP contribution in [0.15, 0.2) is 84.9 Å². The van der Waals surface area contributed by atoms with Gasteiger partial charge in [-0.15, -0.1) is 0 Å². The standard InChI is InChI=1S/C45H60O4/c1-4-7-10-13-22-36-25-16-19-28-43(36)47-33-39-31-32-42(46)41(35-49-45-30-21-18-27-38(45)24-15-12-9-6-3)40(39)34-48-44-29-20-17-26-37(44)23-14-11-8-5-2/h16-21,25-32,46H,4-15,22-24,33-35H2,1-3H3. The summed E-state index contributed by atoms with van der Waals surface area (Å²) in [5.41, 5.74) is 6.33. The first kappa shape index (κ1) is 37.9. The number of para-hydroxylation sites is 3. The highest BCUT2D eigenvalue weighted by Gasteiger charge is 2.18. The molecule has 0 heterocycles. The van der Waals surface area contributed by atoms with Crippen molar-refractivity contribution in [2.75, 3.05) is 0 Å². The average Bonchev–Trinajstić information content (AvgIpc) is 3.13. The molecule has 0 spiro atoms. The third kappa shape index (κ3) is 12.5. The molecule has 0 atom stereocenters. The van der Waals surface area contributed by atoms with Crippen molar-refractivity contribution < 1.29 is 19.3 Å². The smallest absolute Gasteiger partial charge is 0.123 e. The van der Waals surface area contributed by atoms with Crippen LogP contribution in [0.4, 0.5) is 0 Å². The van der Waals surface area contributed by atoms with Crippen LogP contribution in [-0.2, 0) is 39.1 Å². The Kier molecular flexibility index (Phi) is 17.0. The summed E-state index contributed by atoms with van der Waals surface area (Å²) in [6.07, 6.45) is 17.5. The predicted molar refractivity (Wildman–Crippen MR) is 204 cm³/mol. The van der Waals surface area contributed by atoms with Crippen LogP contribution < -0.4 is 14.2 Å². The SMILES string of the molecule is CCCCCCc1ccccc1OCc1ccc(O)c(COc2ccccc2CCCCCC)c1COc1ccccc1CCCCCC. The molecule has 0 amide bonds. The van der Waals surface area contributed by atoms with E-state index in [0.717, 1.165) is 72.5 Å². The molecule has 264 valence electrons. The lowest BCUT2D eigenvalue weighted by Gasteiger charge is -2.20.